The quantitative estimate of drug-likeness (QED) is 0.0237. The first kappa shape index (κ1) is 50.0. The van der Waals surface area contributed by atoms with Crippen LogP contribution in [0.4, 0.5) is 0 Å². The van der Waals surface area contributed by atoms with Crippen molar-refractivity contribution in [2.24, 2.45) is 5.73 Å². The van der Waals surface area contributed by atoms with Gasteiger partial charge in [0.15, 0.2) is 6.10 Å². The first-order valence-corrected chi connectivity index (χ1v) is 21.9. The van der Waals surface area contributed by atoms with E-state index in [4.69, 9.17) is 24.8 Å². The summed E-state index contributed by atoms with van der Waals surface area (Å²) in [5.41, 5.74) is 5.32. The van der Waals surface area contributed by atoms with Crippen LogP contribution in [0.5, 0.6) is 0 Å². The maximum absolute atomic E-state index is 12.6. The van der Waals surface area contributed by atoms with Crippen LogP contribution in [-0.4, -0.2) is 59.9 Å². The summed E-state index contributed by atoms with van der Waals surface area (Å²) in [5.74, 6) is -2.42. The van der Waals surface area contributed by atoms with E-state index in [0.717, 1.165) is 51.4 Å². The van der Waals surface area contributed by atoms with Gasteiger partial charge in [-0.2, -0.15) is 0 Å². The number of ether oxygens (including phenoxy) is 2. The molecular weight excluding hydrogens is 685 g/mol. The van der Waals surface area contributed by atoms with Crippen molar-refractivity contribution in [2.75, 3.05) is 19.8 Å². The predicted octanol–water partition coefficient (Wildman–Crippen LogP) is 10.3. The number of hydrogen-bond donors (Lipinski definition) is 3. The molecule has 0 aliphatic carbocycles. The minimum Gasteiger partial charge on any atom is -0.480 e. The Hall–Kier alpha value is -2.04. The van der Waals surface area contributed by atoms with Crippen LogP contribution in [0.1, 0.15) is 181 Å². The third-order valence-corrected chi connectivity index (χ3v) is 9.62. The number of esters is 2. The van der Waals surface area contributed by atoms with Crippen molar-refractivity contribution in [3.05, 3.63) is 24.3 Å². The summed E-state index contributed by atoms with van der Waals surface area (Å²) in [7, 11) is -4.72. The number of phosphoric ester groups is 1. The fraction of sp³-hybridized carbons (Fsp3) is 0.825. The van der Waals surface area contributed by atoms with E-state index in [1.807, 2.05) is 0 Å². The second-order valence-corrected chi connectivity index (χ2v) is 15.2. The van der Waals surface area contributed by atoms with Crippen LogP contribution in [0.25, 0.3) is 0 Å². The van der Waals surface area contributed by atoms with Gasteiger partial charge in [0.25, 0.3) is 0 Å². The van der Waals surface area contributed by atoms with E-state index in [0.29, 0.717) is 12.8 Å². The van der Waals surface area contributed by atoms with E-state index >= 15 is 0 Å². The van der Waals surface area contributed by atoms with Gasteiger partial charge < -0.3 is 25.2 Å². The highest BCUT2D eigenvalue weighted by Crippen LogP contribution is 2.43. The molecule has 0 amide bonds. The summed E-state index contributed by atoms with van der Waals surface area (Å²) in [6, 6.07) is -1.52. The number of carbonyl (C=O) groups is 3. The number of nitrogens with two attached hydrogens (primary N) is 1. The molecule has 0 radical (unpaired) electrons. The largest absolute Gasteiger partial charge is 0.480 e. The molecule has 12 heteroatoms. The Labute approximate surface area is 315 Å². The maximum Gasteiger partial charge on any atom is 0.472 e. The first-order valence-electron chi connectivity index (χ1n) is 20.4. The fourth-order valence-corrected chi connectivity index (χ4v) is 6.18. The van der Waals surface area contributed by atoms with Gasteiger partial charge in [0.1, 0.15) is 12.6 Å². The normalized spacial score (nSPS) is 14.1. The molecule has 11 nitrogen and oxygen atoms in total. The third-order valence-electron chi connectivity index (χ3n) is 8.67. The molecule has 0 fully saturated rings. The number of aliphatic carboxylic acids is 1. The van der Waals surface area contributed by atoms with E-state index in [-0.39, 0.29) is 19.4 Å². The second kappa shape index (κ2) is 36.0. The number of unbranched alkanes of at least 4 members (excludes halogenated alkanes) is 20. The summed E-state index contributed by atoms with van der Waals surface area (Å²) in [5, 5.41) is 8.87. The summed E-state index contributed by atoms with van der Waals surface area (Å²) < 4.78 is 32.6. The minimum absolute atomic E-state index is 0.139. The fourth-order valence-electron chi connectivity index (χ4n) is 5.41. The highest BCUT2D eigenvalue weighted by Gasteiger charge is 2.28. The molecule has 0 aromatic rings. The Bertz CT molecular complexity index is 989. The molecule has 0 bridgehead atoms. The Balaban J connectivity index is 4.45. The van der Waals surface area contributed by atoms with Gasteiger partial charge in [-0.3, -0.25) is 23.4 Å². The molecule has 4 N–H and O–H groups in total. The van der Waals surface area contributed by atoms with Gasteiger partial charge in [-0.25, -0.2) is 4.57 Å². The van der Waals surface area contributed by atoms with Gasteiger partial charge in [-0.05, 0) is 64.2 Å². The van der Waals surface area contributed by atoms with Gasteiger partial charge in [-0.15, -0.1) is 0 Å². The number of allylic oxidation sites excluding steroid dienone is 4. The van der Waals surface area contributed by atoms with Gasteiger partial charge in [0.05, 0.1) is 13.2 Å². The molecule has 1 unspecified atom stereocenters. The zero-order valence-electron chi connectivity index (χ0n) is 32.7. The number of hydrogen-bond acceptors (Lipinski definition) is 9. The van der Waals surface area contributed by atoms with Crippen molar-refractivity contribution >= 4 is 25.7 Å². The van der Waals surface area contributed by atoms with Crippen LogP contribution in [0.2, 0.25) is 0 Å². The molecule has 0 aromatic heterocycles. The Morgan fingerprint density at radius 1 is 0.577 bits per heavy atom. The van der Waals surface area contributed by atoms with Crippen molar-refractivity contribution in [3.63, 3.8) is 0 Å². The van der Waals surface area contributed by atoms with E-state index in [1.165, 1.54) is 89.9 Å². The summed E-state index contributed by atoms with van der Waals surface area (Å²) in [6.07, 6.45) is 35.3. The molecule has 0 spiro atoms. The van der Waals surface area contributed by atoms with Crippen LogP contribution in [0.15, 0.2) is 24.3 Å². The highest BCUT2D eigenvalue weighted by atomic mass is 31.2. The Morgan fingerprint density at radius 3 is 1.40 bits per heavy atom. The van der Waals surface area contributed by atoms with E-state index in [1.54, 1.807) is 0 Å². The van der Waals surface area contributed by atoms with Crippen molar-refractivity contribution in [1.82, 2.24) is 0 Å². The van der Waals surface area contributed by atoms with Gasteiger partial charge in [0, 0.05) is 12.8 Å². The molecule has 0 heterocycles. The number of carbonyl (C=O) groups excluding carboxylic acids is 2. The van der Waals surface area contributed by atoms with Crippen molar-refractivity contribution in [3.8, 4) is 0 Å². The number of phosphoric acid groups is 1. The van der Waals surface area contributed by atoms with E-state index in [2.05, 4.69) is 42.7 Å². The molecule has 0 rings (SSSR count). The van der Waals surface area contributed by atoms with Crippen molar-refractivity contribution in [1.29, 1.82) is 0 Å². The first-order chi connectivity index (χ1) is 25.1. The van der Waals surface area contributed by atoms with Crippen molar-refractivity contribution in [2.45, 2.75) is 193 Å². The van der Waals surface area contributed by atoms with Crippen LogP contribution in [0, 0.1) is 0 Å². The lowest BCUT2D eigenvalue weighted by molar-refractivity contribution is -0.161. The summed E-state index contributed by atoms with van der Waals surface area (Å²) in [6.45, 7) is 2.75. The Kier molecular flexibility index (Phi) is 34.6. The maximum atomic E-state index is 12.6. The van der Waals surface area contributed by atoms with E-state index < -0.39 is 51.1 Å². The predicted molar refractivity (Wildman–Crippen MR) is 208 cm³/mol. The molecule has 0 aliphatic rings. The van der Waals surface area contributed by atoms with Gasteiger partial charge in [0.2, 0.25) is 0 Å². The molecule has 0 aliphatic heterocycles. The average molecular weight is 760 g/mol. The van der Waals surface area contributed by atoms with E-state index in [9.17, 15) is 23.8 Å². The van der Waals surface area contributed by atoms with Crippen LogP contribution in [-0.2, 0) is 37.5 Å². The minimum atomic E-state index is -4.72. The lowest BCUT2D eigenvalue weighted by atomic mass is 10.1. The average Bonchev–Trinajstić information content (AvgIpc) is 3.12. The standard InChI is InChI=1S/C40H74NO10P/c1-3-5-7-9-11-13-15-17-18-20-22-24-26-28-30-32-39(43)51-36(34-49-52(46,47)50-35-37(41)40(44)45)33-48-38(42)31-29-27-25-23-21-19-16-14-12-10-8-6-4-2/h19-22,36-37H,3-18,23-35,41H2,1-2H3,(H,44,45)(H,46,47)/b21-19+,22-20+/t36-,37+/m1/s1. The highest BCUT2D eigenvalue weighted by molar-refractivity contribution is 7.47. The number of carboxylic acids is 1. The molecule has 0 saturated heterocycles. The van der Waals surface area contributed by atoms with Crippen LogP contribution >= 0.6 is 7.82 Å². The molecule has 3 atom stereocenters. The monoisotopic (exact) mass is 760 g/mol. The lowest BCUT2D eigenvalue weighted by Crippen LogP contribution is -2.34. The molecular formula is C40H74NO10P. The number of carboxylic acid groups (broad SMARTS) is 1. The molecule has 52 heavy (non-hydrogen) atoms. The van der Waals surface area contributed by atoms with Crippen LogP contribution < -0.4 is 5.73 Å². The zero-order chi connectivity index (χ0) is 38.5. The third kappa shape index (κ3) is 35.0. The second-order valence-electron chi connectivity index (χ2n) is 13.8. The number of rotatable bonds is 38. The Morgan fingerprint density at radius 2 is 0.962 bits per heavy atom. The molecule has 304 valence electrons. The van der Waals surface area contributed by atoms with Gasteiger partial charge >= 0.3 is 25.7 Å². The topological polar surface area (TPSA) is 172 Å². The molecule has 0 aromatic carbocycles. The molecule has 0 saturated carbocycles. The smallest absolute Gasteiger partial charge is 0.472 e. The van der Waals surface area contributed by atoms with Crippen LogP contribution in [0.3, 0.4) is 0 Å². The van der Waals surface area contributed by atoms with Crippen molar-refractivity contribution < 1.29 is 47.5 Å². The summed E-state index contributed by atoms with van der Waals surface area (Å²) >= 11 is 0. The zero-order valence-corrected chi connectivity index (χ0v) is 33.5. The summed E-state index contributed by atoms with van der Waals surface area (Å²) in [4.78, 5) is 45.8. The lowest BCUT2D eigenvalue weighted by Gasteiger charge is -2.20. The SMILES string of the molecule is CCCCCCCC/C=C/CCCCCC(=O)OC[C@H](COP(=O)(O)OC[C@H](N)C(=O)O)OC(=O)CCCCC/C=C/CCCCCCCCCC. The van der Waals surface area contributed by atoms with Gasteiger partial charge in [-0.1, -0.05) is 128 Å².